The average Bonchev–Trinajstić information content (AvgIpc) is 2.80. The van der Waals surface area contributed by atoms with Crippen LogP contribution in [-0.2, 0) is 24.4 Å². The van der Waals surface area contributed by atoms with Crippen LogP contribution in [0.4, 0.5) is 5.69 Å². The maximum Gasteiger partial charge on any atom is 0.269 e. The normalized spacial score (nSPS) is 14.3. The highest BCUT2D eigenvalue weighted by atomic mass is 127. The molecule has 0 radical (unpaired) electrons. The van der Waals surface area contributed by atoms with Crippen molar-refractivity contribution >= 4 is 35.6 Å². The summed E-state index contributed by atoms with van der Waals surface area (Å²) in [6.45, 7) is 11.9. The fourth-order valence-electron chi connectivity index (χ4n) is 3.37. The van der Waals surface area contributed by atoms with Gasteiger partial charge in [0.25, 0.3) is 5.69 Å². The molecule has 1 fully saturated rings. The molecule has 33 heavy (non-hydrogen) atoms. The predicted octanol–water partition coefficient (Wildman–Crippen LogP) is 3.86. The molecule has 2 N–H and O–H groups in total. The second-order valence-electron chi connectivity index (χ2n) is 7.91. The number of nitrogens with zero attached hydrogens (tertiary/aromatic N) is 3. The van der Waals surface area contributed by atoms with Crippen LogP contribution in [0.15, 0.2) is 65.7 Å². The summed E-state index contributed by atoms with van der Waals surface area (Å²) in [5.74, 6) is 0.674. The molecule has 1 saturated heterocycles. The quantitative estimate of drug-likeness (QED) is 0.120. The van der Waals surface area contributed by atoms with Crippen molar-refractivity contribution in [3.05, 3.63) is 87.5 Å². The molecule has 8 nitrogen and oxygen atoms in total. The van der Waals surface area contributed by atoms with Crippen LogP contribution >= 0.6 is 24.0 Å². The lowest BCUT2D eigenvalue weighted by Gasteiger charge is -2.27. The first-order valence-electron chi connectivity index (χ1n) is 10.8. The van der Waals surface area contributed by atoms with Crippen LogP contribution in [0.2, 0.25) is 0 Å². The molecule has 178 valence electrons. The van der Waals surface area contributed by atoms with Gasteiger partial charge in [-0.2, -0.15) is 0 Å². The third kappa shape index (κ3) is 9.10. The number of nitro benzene ring substituents is 1. The second-order valence-corrected chi connectivity index (χ2v) is 7.91. The molecule has 0 saturated carbocycles. The molecule has 2 aromatic rings. The van der Waals surface area contributed by atoms with E-state index in [9.17, 15) is 10.1 Å². The van der Waals surface area contributed by atoms with Crippen molar-refractivity contribution in [1.29, 1.82) is 0 Å². The maximum absolute atomic E-state index is 10.8. The topological polar surface area (TPSA) is 92.0 Å². The zero-order valence-electron chi connectivity index (χ0n) is 19.0. The first-order chi connectivity index (χ1) is 15.5. The molecule has 0 amide bonds. The molecule has 9 heteroatoms. The Balaban J connectivity index is 0.00000385. The Labute approximate surface area is 212 Å². The number of benzene rings is 2. The Kier molecular flexibility index (Phi) is 11.3. The molecule has 0 atom stereocenters. The molecule has 0 aliphatic carbocycles. The number of nitro groups is 1. The molecule has 3 rings (SSSR count). The van der Waals surface area contributed by atoms with Crippen molar-refractivity contribution in [3.8, 4) is 0 Å². The van der Waals surface area contributed by atoms with Crippen LogP contribution in [0.25, 0.3) is 0 Å². The molecule has 0 aromatic heterocycles. The van der Waals surface area contributed by atoms with E-state index >= 15 is 0 Å². The van der Waals surface area contributed by atoms with Gasteiger partial charge in [0.2, 0.25) is 0 Å². The van der Waals surface area contributed by atoms with E-state index in [0.29, 0.717) is 25.6 Å². The highest BCUT2D eigenvalue weighted by molar-refractivity contribution is 14.0. The minimum Gasteiger partial charge on any atom is -0.379 e. The summed E-state index contributed by atoms with van der Waals surface area (Å²) >= 11 is 0. The number of nitrogens with one attached hydrogen (secondary N) is 2. The number of aliphatic imine (C=N–C) groups is 1. The van der Waals surface area contributed by atoms with E-state index in [2.05, 4.69) is 51.4 Å². The summed E-state index contributed by atoms with van der Waals surface area (Å²) in [6, 6.07) is 14.9. The van der Waals surface area contributed by atoms with Gasteiger partial charge < -0.3 is 15.4 Å². The van der Waals surface area contributed by atoms with E-state index in [1.807, 2.05) is 6.92 Å². The standard InChI is InChI=1S/C24H31N5O3.HI/c1-19(2)15-25-24(26-16-20-7-9-23(10-8-20)29(30)31)27-17-21-5-3-4-6-22(21)18-28-11-13-32-14-12-28;/h3-10H,1,11-18H2,2H3,(H2,25,26,27);1H. The van der Waals surface area contributed by atoms with Crippen LogP contribution in [-0.4, -0.2) is 48.6 Å². The van der Waals surface area contributed by atoms with E-state index in [1.54, 1.807) is 12.1 Å². The van der Waals surface area contributed by atoms with E-state index in [-0.39, 0.29) is 29.7 Å². The third-order valence-corrected chi connectivity index (χ3v) is 5.19. The highest BCUT2D eigenvalue weighted by Crippen LogP contribution is 2.14. The summed E-state index contributed by atoms with van der Waals surface area (Å²) < 4.78 is 5.46. The van der Waals surface area contributed by atoms with Gasteiger partial charge >= 0.3 is 0 Å². The Bertz CT molecular complexity index is 943. The number of morpholine rings is 1. The number of ether oxygens (including phenoxy) is 1. The van der Waals surface area contributed by atoms with Crippen molar-refractivity contribution in [3.63, 3.8) is 0 Å². The SMILES string of the molecule is C=C(C)CNC(=NCc1ccc([N+](=O)[O-])cc1)NCc1ccccc1CN1CCOCC1.I. The highest BCUT2D eigenvalue weighted by Gasteiger charge is 2.13. The molecule has 2 aromatic carbocycles. The van der Waals surface area contributed by atoms with Gasteiger partial charge in [-0.25, -0.2) is 4.99 Å². The van der Waals surface area contributed by atoms with E-state index < -0.39 is 4.92 Å². The largest absolute Gasteiger partial charge is 0.379 e. The van der Waals surface area contributed by atoms with Gasteiger partial charge in [-0.15, -0.1) is 24.0 Å². The number of hydrogen-bond donors (Lipinski definition) is 2. The summed E-state index contributed by atoms with van der Waals surface area (Å²) in [7, 11) is 0. The maximum atomic E-state index is 10.8. The van der Waals surface area contributed by atoms with E-state index in [1.165, 1.54) is 23.3 Å². The lowest BCUT2D eigenvalue weighted by molar-refractivity contribution is -0.384. The van der Waals surface area contributed by atoms with E-state index in [4.69, 9.17) is 4.74 Å². The first-order valence-corrected chi connectivity index (χ1v) is 10.8. The molecule has 1 aliphatic heterocycles. The van der Waals surface area contributed by atoms with Crippen molar-refractivity contribution in [2.24, 2.45) is 4.99 Å². The van der Waals surface area contributed by atoms with E-state index in [0.717, 1.165) is 44.0 Å². The van der Waals surface area contributed by atoms with Gasteiger partial charge in [0.1, 0.15) is 0 Å². The lowest BCUT2D eigenvalue weighted by atomic mass is 10.1. The zero-order valence-corrected chi connectivity index (χ0v) is 21.3. The molecule has 1 heterocycles. The fourth-order valence-corrected chi connectivity index (χ4v) is 3.37. The number of halogens is 1. The van der Waals surface area contributed by atoms with Crippen LogP contribution in [0.5, 0.6) is 0 Å². The van der Waals surface area contributed by atoms with Crippen LogP contribution < -0.4 is 10.6 Å². The molecule has 0 bridgehead atoms. The Morgan fingerprint density at radius 2 is 1.79 bits per heavy atom. The third-order valence-electron chi connectivity index (χ3n) is 5.19. The van der Waals surface area contributed by atoms with Crippen molar-refractivity contribution in [2.45, 2.75) is 26.6 Å². The van der Waals surface area contributed by atoms with Crippen molar-refractivity contribution in [1.82, 2.24) is 15.5 Å². The van der Waals surface area contributed by atoms with Crippen LogP contribution in [0.1, 0.15) is 23.6 Å². The molecule has 0 spiro atoms. The summed E-state index contributed by atoms with van der Waals surface area (Å²) in [6.07, 6.45) is 0. The van der Waals surface area contributed by atoms with Crippen LogP contribution in [0.3, 0.4) is 0 Å². The number of rotatable bonds is 9. The summed E-state index contributed by atoms with van der Waals surface area (Å²) in [4.78, 5) is 17.5. The summed E-state index contributed by atoms with van der Waals surface area (Å²) in [5, 5.41) is 17.6. The Morgan fingerprint density at radius 1 is 1.12 bits per heavy atom. The first kappa shape index (κ1) is 26.7. The smallest absolute Gasteiger partial charge is 0.269 e. The number of non-ortho nitro benzene ring substituents is 1. The predicted molar refractivity (Wildman–Crippen MR) is 142 cm³/mol. The molecular formula is C24H32IN5O3. The van der Waals surface area contributed by atoms with Gasteiger partial charge in [0.15, 0.2) is 5.96 Å². The van der Waals surface area contributed by atoms with Gasteiger partial charge in [0.05, 0.1) is 24.7 Å². The van der Waals surface area contributed by atoms with Gasteiger partial charge in [-0.3, -0.25) is 15.0 Å². The molecular weight excluding hydrogens is 533 g/mol. The van der Waals surface area contributed by atoms with Gasteiger partial charge in [-0.1, -0.05) is 48.6 Å². The molecule has 1 aliphatic rings. The van der Waals surface area contributed by atoms with Gasteiger partial charge in [0, 0.05) is 44.9 Å². The second kappa shape index (κ2) is 13.9. The van der Waals surface area contributed by atoms with Crippen molar-refractivity contribution < 1.29 is 9.66 Å². The zero-order chi connectivity index (χ0) is 22.8. The lowest BCUT2D eigenvalue weighted by Crippen LogP contribution is -2.38. The average molecular weight is 565 g/mol. The Hall–Kier alpha value is -2.50. The fraction of sp³-hybridized carbons (Fsp3) is 0.375. The van der Waals surface area contributed by atoms with Crippen LogP contribution in [0, 0.1) is 10.1 Å². The minimum absolute atomic E-state index is 0. The van der Waals surface area contributed by atoms with Crippen molar-refractivity contribution in [2.75, 3.05) is 32.8 Å². The van der Waals surface area contributed by atoms with Gasteiger partial charge in [-0.05, 0) is 23.6 Å². The number of hydrogen-bond acceptors (Lipinski definition) is 5. The number of guanidine groups is 1. The summed E-state index contributed by atoms with van der Waals surface area (Å²) in [5.41, 5.74) is 4.49. The Morgan fingerprint density at radius 3 is 2.42 bits per heavy atom. The monoisotopic (exact) mass is 565 g/mol. The molecule has 0 unspecified atom stereocenters. The minimum atomic E-state index is -0.400.